The predicted molar refractivity (Wildman–Crippen MR) is 131 cm³/mol. The first-order valence-electron chi connectivity index (χ1n) is 11.1. The molecule has 0 fully saturated rings. The molecule has 0 aliphatic carbocycles. The fraction of sp³-hybridized carbons (Fsp3) is 0.231. The van der Waals surface area contributed by atoms with Gasteiger partial charge in [0.15, 0.2) is 0 Å². The van der Waals surface area contributed by atoms with Crippen molar-refractivity contribution < 1.29 is 9.53 Å². The number of ether oxygens (including phenoxy) is 1. The van der Waals surface area contributed by atoms with Crippen LogP contribution in [0.15, 0.2) is 90.4 Å². The van der Waals surface area contributed by atoms with Crippen LogP contribution in [0.4, 0.5) is 10.5 Å². The van der Waals surface area contributed by atoms with Gasteiger partial charge in [-0.25, -0.2) is 10.3 Å². The highest BCUT2D eigenvalue weighted by atomic mass is 16.5. The van der Waals surface area contributed by atoms with Crippen LogP contribution >= 0.6 is 0 Å². The molecule has 0 spiro atoms. The maximum atomic E-state index is 12.2. The van der Waals surface area contributed by atoms with E-state index in [1.54, 1.807) is 18.6 Å². The highest BCUT2D eigenvalue weighted by molar-refractivity contribution is 5.91. The molecular weight excluding hydrogens is 414 g/mol. The van der Waals surface area contributed by atoms with Crippen LogP contribution < -0.4 is 10.6 Å². The summed E-state index contributed by atoms with van der Waals surface area (Å²) in [4.78, 5) is 16.2. The number of unbranched alkanes of at least 4 members (excludes halogenated alkanes) is 3. The molecule has 1 amide bonds. The molecule has 1 aromatic heterocycles. The molecule has 0 aliphatic rings. The van der Waals surface area contributed by atoms with E-state index < -0.39 is 6.09 Å². The average Bonchev–Trinajstić information content (AvgIpc) is 2.86. The molecular formula is C26H29N5O2. The van der Waals surface area contributed by atoms with Gasteiger partial charge in [-0.3, -0.25) is 10.3 Å². The molecule has 7 heteroatoms. The quantitative estimate of drug-likeness (QED) is 0.220. The molecule has 0 saturated heterocycles. The van der Waals surface area contributed by atoms with Crippen LogP contribution in [0.1, 0.15) is 31.2 Å². The van der Waals surface area contributed by atoms with E-state index in [9.17, 15) is 4.79 Å². The number of para-hydroxylation sites is 1. The van der Waals surface area contributed by atoms with E-state index in [4.69, 9.17) is 10.3 Å². The second kappa shape index (κ2) is 13.4. The number of benzene rings is 2. The number of hydrogen-bond donors (Lipinski definition) is 3. The van der Waals surface area contributed by atoms with Gasteiger partial charge in [0.1, 0.15) is 5.70 Å². The molecule has 33 heavy (non-hydrogen) atoms. The van der Waals surface area contributed by atoms with Crippen LogP contribution in [0.3, 0.4) is 0 Å². The van der Waals surface area contributed by atoms with Crippen molar-refractivity contribution in [2.75, 3.05) is 18.5 Å². The molecule has 1 heterocycles. The first kappa shape index (κ1) is 23.7. The highest BCUT2D eigenvalue weighted by Gasteiger charge is 2.08. The van der Waals surface area contributed by atoms with Crippen LogP contribution in [0, 0.1) is 5.53 Å². The molecule has 2 aromatic carbocycles. The number of carbonyl (C=O) groups excluding carboxylic acids is 1. The lowest BCUT2D eigenvalue weighted by atomic mass is 10.0. The highest BCUT2D eigenvalue weighted by Crippen LogP contribution is 2.27. The van der Waals surface area contributed by atoms with Gasteiger partial charge in [-0.15, -0.1) is 0 Å². The van der Waals surface area contributed by atoms with E-state index in [0.29, 0.717) is 12.3 Å². The average molecular weight is 444 g/mol. The van der Waals surface area contributed by atoms with Gasteiger partial charge < -0.3 is 10.1 Å². The SMILES string of the molecule is N=N/C(=C\NCCCCCCOC(=O)Nc1ccccc1-c1ccccc1)c1cccnc1. The van der Waals surface area contributed by atoms with E-state index in [0.717, 1.165) is 54.6 Å². The van der Waals surface area contributed by atoms with Crippen molar-refractivity contribution in [3.63, 3.8) is 0 Å². The largest absolute Gasteiger partial charge is 0.449 e. The monoisotopic (exact) mass is 443 g/mol. The molecule has 170 valence electrons. The fourth-order valence-corrected chi connectivity index (χ4v) is 3.32. The van der Waals surface area contributed by atoms with Crippen LogP contribution in [-0.4, -0.2) is 24.2 Å². The second-order valence-electron chi connectivity index (χ2n) is 7.42. The molecule has 0 radical (unpaired) electrons. The normalized spacial score (nSPS) is 11.0. The fourth-order valence-electron chi connectivity index (χ4n) is 3.32. The third-order valence-electron chi connectivity index (χ3n) is 5.01. The molecule has 0 atom stereocenters. The van der Waals surface area contributed by atoms with Crippen molar-refractivity contribution in [3.8, 4) is 11.1 Å². The molecule has 3 N–H and O–H groups in total. The van der Waals surface area contributed by atoms with E-state index >= 15 is 0 Å². The number of aromatic nitrogens is 1. The third-order valence-corrected chi connectivity index (χ3v) is 5.01. The van der Waals surface area contributed by atoms with Gasteiger partial charge in [0, 0.05) is 36.3 Å². The Hall–Kier alpha value is -4.00. The molecule has 0 unspecified atom stereocenters. The Morgan fingerprint density at radius 1 is 0.970 bits per heavy atom. The summed E-state index contributed by atoms with van der Waals surface area (Å²) in [6.07, 6.45) is 8.45. The first-order valence-corrected chi connectivity index (χ1v) is 11.1. The maximum absolute atomic E-state index is 12.2. The third kappa shape index (κ3) is 7.88. The Bertz CT molecular complexity index is 1040. The maximum Gasteiger partial charge on any atom is 0.411 e. The van der Waals surface area contributed by atoms with Crippen LogP contribution in [-0.2, 0) is 4.74 Å². The molecule has 0 saturated carbocycles. The zero-order valence-electron chi connectivity index (χ0n) is 18.5. The Balaban J connectivity index is 1.30. The number of nitrogens with zero attached hydrogens (tertiary/aromatic N) is 2. The summed E-state index contributed by atoms with van der Waals surface area (Å²) in [5.41, 5.74) is 11.4. The zero-order chi connectivity index (χ0) is 23.1. The number of rotatable bonds is 12. The van der Waals surface area contributed by atoms with E-state index in [1.807, 2.05) is 66.7 Å². The second-order valence-corrected chi connectivity index (χ2v) is 7.42. The minimum atomic E-state index is -0.438. The van der Waals surface area contributed by atoms with Gasteiger partial charge in [-0.2, -0.15) is 5.11 Å². The summed E-state index contributed by atoms with van der Waals surface area (Å²) in [6, 6.07) is 21.3. The van der Waals surface area contributed by atoms with Crippen LogP contribution in [0.2, 0.25) is 0 Å². The number of amides is 1. The molecule has 3 aromatic rings. The standard InChI is InChI=1S/C26H29N5O2/c27-31-25(22-13-10-17-28-19-22)20-29-16-8-1-2-9-18-33-26(32)30-24-15-7-6-14-23(24)21-11-4-3-5-12-21/h3-7,10-15,17,19-20,27,29H,1-2,8-9,16,18H2,(H,30,32)/b25-20-,31-27?. The molecule has 3 rings (SSSR count). The Morgan fingerprint density at radius 2 is 1.76 bits per heavy atom. The summed E-state index contributed by atoms with van der Waals surface area (Å²) < 4.78 is 5.35. The summed E-state index contributed by atoms with van der Waals surface area (Å²) in [5.74, 6) is 0. The Labute approximate surface area is 194 Å². The van der Waals surface area contributed by atoms with Gasteiger partial charge in [-0.1, -0.05) is 55.0 Å². The lowest BCUT2D eigenvalue weighted by Gasteiger charge is -2.11. The predicted octanol–water partition coefficient (Wildman–Crippen LogP) is 6.48. The Morgan fingerprint density at radius 3 is 2.55 bits per heavy atom. The van der Waals surface area contributed by atoms with Crippen molar-refractivity contribution in [3.05, 3.63) is 90.9 Å². The van der Waals surface area contributed by atoms with Gasteiger partial charge in [-0.05, 0) is 43.0 Å². The van der Waals surface area contributed by atoms with E-state index in [-0.39, 0.29) is 0 Å². The number of anilines is 1. The van der Waals surface area contributed by atoms with Gasteiger partial charge in [0.25, 0.3) is 0 Å². The van der Waals surface area contributed by atoms with Crippen molar-refractivity contribution in [2.24, 2.45) is 5.11 Å². The van der Waals surface area contributed by atoms with Gasteiger partial charge >= 0.3 is 6.09 Å². The summed E-state index contributed by atoms with van der Waals surface area (Å²) in [7, 11) is 0. The molecule has 0 aliphatic heterocycles. The summed E-state index contributed by atoms with van der Waals surface area (Å²) in [6.45, 7) is 1.17. The first-order chi connectivity index (χ1) is 16.3. The zero-order valence-corrected chi connectivity index (χ0v) is 18.5. The Kier molecular flexibility index (Phi) is 9.62. The van der Waals surface area contributed by atoms with Gasteiger partial charge in [0.2, 0.25) is 0 Å². The van der Waals surface area contributed by atoms with Gasteiger partial charge in [0.05, 0.1) is 12.3 Å². The van der Waals surface area contributed by atoms with Crippen LogP contribution in [0.25, 0.3) is 16.8 Å². The van der Waals surface area contributed by atoms with E-state index in [1.165, 1.54) is 0 Å². The number of nitrogens with one attached hydrogen (secondary N) is 3. The number of carbonyl (C=O) groups is 1. The lowest BCUT2D eigenvalue weighted by Crippen LogP contribution is -2.15. The van der Waals surface area contributed by atoms with Crippen molar-refractivity contribution >= 4 is 17.5 Å². The minimum absolute atomic E-state index is 0.384. The minimum Gasteiger partial charge on any atom is -0.449 e. The number of hydrogen-bond acceptors (Lipinski definition) is 6. The van der Waals surface area contributed by atoms with Crippen LogP contribution in [0.5, 0.6) is 0 Å². The van der Waals surface area contributed by atoms with Crippen molar-refractivity contribution in [1.29, 1.82) is 5.53 Å². The lowest BCUT2D eigenvalue weighted by molar-refractivity contribution is 0.159. The van der Waals surface area contributed by atoms with E-state index in [2.05, 4.69) is 20.7 Å². The van der Waals surface area contributed by atoms with Crippen molar-refractivity contribution in [2.45, 2.75) is 25.7 Å². The molecule has 0 bridgehead atoms. The van der Waals surface area contributed by atoms with Crippen molar-refractivity contribution in [1.82, 2.24) is 10.3 Å². The smallest absolute Gasteiger partial charge is 0.411 e. The number of pyridine rings is 1. The summed E-state index contributed by atoms with van der Waals surface area (Å²) in [5, 5.41) is 9.58. The molecule has 7 nitrogen and oxygen atoms in total. The topological polar surface area (TPSA) is 99.5 Å². The summed E-state index contributed by atoms with van der Waals surface area (Å²) >= 11 is 0.